The summed E-state index contributed by atoms with van der Waals surface area (Å²) in [6.45, 7) is 5.41. The standard InChI is InChI=1S/C15H16O.C6H10O3/c1-2-7-12-10-6-11-14(16)15(12)13-8-4-3-5-9-13;1(5-3-8-5)7-2-6-4-9-6/h3-6,8-11,16H,2,7H2,1H3;5-6H,1-4H2. The highest BCUT2D eigenvalue weighted by Gasteiger charge is 2.26. The molecular weight excluding hydrogens is 316 g/mol. The largest absolute Gasteiger partial charge is 0.507 e. The van der Waals surface area contributed by atoms with Crippen LogP contribution in [-0.4, -0.2) is 43.7 Å². The average Bonchev–Trinajstić information content (AvgIpc) is 3.53. The van der Waals surface area contributed by atoms with Crippen molar-refractivity contribution < 1.29 is 19.3 Å². The molecule has 0 bridgehead atoms. The molecule has 25 heavy (non-hydrogen) atoms. The third-order valence-electron chi connectivity index (χ3n) is 4.12. The number of ether oxygens (including phenoxy) is 3. The Hall–Kier alpha value is -1.88. The molecule has 0 spiro atoms. The second-order valence-corrected chi connectivity index (χ2v) is 6.38. The first-order chi connectivity index (χ1) is 12.3. The summed E-state index contributed by atoms with van der Waals surface area (Å²) in [5, 5.41) is 9.97. The van der Waals surface area contributed by atoms with E-state index < -0.39 is 0 Å². The van der Waals surface area contributed by atoms with Gasteiger partial charge in [0.15, 0.2) is 0 Å². The Kier molecular flexibility index (Phi) is 6.45. The molecule has 2 atom stereocenters. The van der Waals surface area contributed by atoms with Crippen LogP contribution in [0.5, 0.6) is 5.75 Å². The van der Waals surface area contributed by atoms with Gasteiger partial charge in [0.25, 0.3) is 0 Å². The van der Waals surface area contributed by atoms with Crippen molar-refractivity contribution in [2.75, 3.05) is 26.4 Å². The first kappa shape index (κ1) is 17.9. The Morgan fingerprint density at radius 1 is 0.960 bits per heavy atom. The lowest BCUT2D eigenvalue weighted by atomic mass is 9.96. The highest BCUT2D eigenvalue weighted by molar-refractivity contribution is 5.73. The maximum absolute atomic E-state index is 9.97. The lowest BCUT2D eigenvalue weighted by Gasteiger charge is -2.10. The van der Waals surface area contributed by atoms with Crippen molar-refractivity contribution in [3.8, 4) is 16.9 Å². The van der Waals surface area contributed by atoms with E-state index in [4.69, 9.17) is 14.2 Å². The average molecular weight is 342 g/mol. The molecule has 2 aliphatic rings. The third-order valence-corrected chi connectivity index (χ3v) is 4.12. The fourth-order valence-corrected chi connectivity index (χ4v) is 2.66. The highest BCUT2D eigenvalue weighted by Crippen LogP contribution is 2.32. The number of aromatic hydroxyl groups is 1. The summed E-state index contributed by atoms with van der Waals surface area (Å²) in [6.07, 6.45) is 2.87. The van der Waals surface area contributed by atoms with Crippen LogP contribution in [0.4, 0.5) is 0 Å². The number of aryl methyl sites for hydroxylation is 1. The van der Waals surface area contributed by atoms with Gasteiger partial charge in [-0.3, -0.25) is 0 Å². The van der Waals surface area contributed by atoms with Gasteiger partial charge in [-0.15, -0.1) is 0 Å². The molecule has 134 valence electrons. The summed E-state index contributed by atoms with van der Waals surface area (Å²) in [5.41, 5.74) is 3.28. The van der Waals surface area contributed by atoms with E-state index in [-0.39, 0.29) is 0 Å². The molecule has 0 aromatic heterocycles. The van der Waals surface area contributed by atoms with Crippen molar-refractivity contribution in [3.05, 3.63) is 54.1 Å². The van der Waals surface area contributed by atoms with Gasteiger partial charge >= 0.3 is 0 Å². The molecule has 0 amide bonds. The minimum atomic E-state index is 0.372. The first-order valence-electron chi connectivity index (χ1n) is 8.95. The second-order valence-electron chi connectivity index (χ2n) is 6.38. The predicted molar refractivity (Wildman–Crippen MR) is 97.8 cm³/mol. The number of phenolic OH excluding ortho intramolecular Hbond substituents is 1. The number of phenols is 1. The van der Waals surface area contributed by atoms with Gasteiger partial charge in [0.2, 0.25) is 0 Å². The van der Waals surface area contributed by atoms with Crippen LogP contribution in [0.15, 0.2) is 48.5 Å². The molecule has 2 aromatic rings. The Morgan fingerprint density at radius 2 is 1.60 bits per heavy atom. The molecule has 2 unspecified atom stereocenters. The molecule has 0 aliphatic carbocycles. The lowest BCUT2D eigenvalue weighted by Crippen LogP contribution is -2.06. The molecule has 4 nitrogen and oxygen atoms in total. The topological polar surface area (TPSA) is 54.5 Å². The summed E-state index contributed by atoms with van der Waals surface area (Å²) >= 11 is 0. The van der Waals surface area contributed by atoms with Crippen LogP contribution >= 0.6 is 0 Å². The quantitative estimate of drug-likeness (QED) is 0.778. The Bertz CT molecular complexity index is 636. The predicted octanol–water partition coefficient (Wildman–Crippen LogP) is 3.81. The number of epoxide rings is 2. The summed E-state index contributed by atoms with van der Waals surface area (Å²) < 4.78 is 15.1. The smallest absolute Gasteiger partial charge is 0.123 e. The van der Waals surface area contributed by atoms with Crippen molar-refractivity contribution in [2.24, 2.45) is 0 Å². The SMILES string of the molecule is C(OCC1CO1)C1CO1.CCCc1cccc(O)c1-c1ccccc1. The van der Waals surface area contributed by atoms with Crippen molar-refractivity contribution in [3.63, 3.8) is 0 Å². The van der Waals surface area contributed by atoms with E-state index in [0.29, 0.717) is 18.0 Å². The summed E-state index contributed by atoms with van der Waals surface area (Å²) in [5.74, 6) is 0.372. The van der Waals surface area contributed by atoms with Crippen molar-refractivity contribution >= 4 is 0 Å². The molecule has 1 N–H and O–H groups in total. The number of rotatable bonds is 7. The molecule has 2 saturated heterocycles. The molecule has 2 aliphatic heterocycles. The third kappa shape index (κ3) is 5.85. The minimum Gasteiger partial charge on any atom is -0.507 e. The molecule has 2 aromatic carbocycles. The highest BCUT2D eigenvalue weighted by atomic mass is 16.6. The lowest BCUT2D eigenvalue weighted by molar-refractivity contribution is 0.102. The zero-order chi connectivity index (χ0) is 17.5. The zero-order valence-corrected chi connectivity index (χ0v) is 14.7. The molecule has 4 heteroatoms. The maximum Gasteiger partial charge on any atom is 0.123 e. The Labute approximate surface area is 149 Å². The normalized spacial score (nSPS) is 20.5. The van der Waals surface area contributed by atoms with Gasteiger partial charge in [0, 0.05) is 5.56 Å². The number of benzene rings is 2. The van der Waals surface area contributed by atoms with Crippen LogP contribution in [0.2, 0.25) is 0 Å². The van der Waals surface area contributed by atoms with Crippen LogP contribution in [0.3, 0.4) is 0 Å². The van der Waals surface area contributed by atoms with Crippen LogP contribution in [0.1, 0.15) is 18.9 Å². The Morgan fingerprint density at radius 3 is 2.16 bits per heavy atom. The van der Waals surface area contributed by atoms with Gasteiger partial charge in [-0.25, -0.2) is 0 Å². The van der Waals surface area contributed by atoms with E-state index in [0.717, 1.165) is 50.4 Å². The van der Waals surface area contributed by atoms with E-state index in [2.05, 4.69) is 13.0 Å². The van der Waals surface area contributed by atoms with Gasteiger partial charge in [0.1, 0.15) is 18.0 Å². The second kappa shape index (κ2) is 8.99. The van der Waals surface area contributed by atoms with Crippen molar-refractivity contribution in [1.82, 2.24) is 0 Å². The number of hydrogen-bond donors (Lipinski definition) is 1. The molecular formula is C21H26O4. The van der Waals surface area contributed by atoms with E-state index in [1.54, 1.807) is 6.07 Å². The Balaban J connectivity index is 0.000000170. The maximum atomic E-state index is 9.97. The fraction of sp³-hybridized carbons (Fsp3) is 0.429. The minimum absolute atomic E-state index is 0.372. The van der Waals surface area contributed by atoms with Gasteiger partial charge in [-0.2, -0.15) is 0 Å². The molecule has 0 saturated carbocycles. The van der Waals surface area contributed by atoms with Crippen LogP contribution < -0.4 is 0 Å². The van der Waals surface area contributed by atoms with E-state index in [9.17, 15) is 5.11 Å². The monoisotopic (exact) mass is 342 g/mol. The molecule has 4 rings (SSSR count). The molecule has 0 radical (unpaired) electrons. The van der Waals surface area contributed by atoms with Gasteiger partial charge < -0.3 is 19.3 Å². The zero-order valence-electron chi connectivity index (χ0n) is 14.7. The van der Waals surface area contributed by atoms with Gasteiger partial charge in [-0.1, -0.05) is 55.8 Å². The summed E-state index contributed by atoms with van der Waals surface area (Å²) in [4.78, 5) is 0. The fourth-order valence-electron chi connectivity index (χ4n) is 2.66. The van der Waals surface area contributed by atoms with Gasteiger partial charge in [0.05, 0.1) is 26.4 Å². The first-order valence-corrected chi connectivity index (χ1v) is 8.95. The molecule has 2 fully saturated rings. The van der Waals surface area contributed by atoms with E-state index in [1.165, 1.54) is 5.56 Å². The van der Waals surface area contributed by atoms with E-state index >= 15 is 0 Å². The summed E-state index contributed by atoms with van der Waals surface area (Å²) in [6, 6.07) is 15.8. The number of hydrogen-bond acceptors (Lipinski definition) is 4. The van der Waals surface area contributed by atoms with Crippen LogP contribution in [-0.2, 0) is 20.6 Å². The van der Waals surface area contributed by atoms with E-state index in [1.807, 2.05) is 36.4 Å². The van der Waals surface area contributed by atoms with Crippen LogP contribution in [0, 0.1) is 0 Å². The molecule has 2 heterocycles. The van der Waals surface area contributed by atoms with Crippen molar-refractivity contribution in [1.29, 1.82) is 0 Å². The van der Waals surface area contributed by atoms with Crippen LogP contribution in [0.25, 0.3) is 11.1 Å². The van der Waals surface area contributed by atoms with Crippen molar-refractivity contribution in [2.45, 2.75) is 32.0 Å². The summed E-state index contributed by atoms with van der Waals surface area (Å²) in [7, 11) is 0. The van der Waals surface area contributed by atoms with Gasteiger partial charge in [-0.05, 0) is 23.6 Å².